The molecule has 6 nitrogen and oxygen atoms in total. The van der Waals surface area contributed by atoms with Crippen molar-refractivity contribution in [3.05, 3.63) is 63.4 Å². The van der Waals surface area contributed by atoms with Gasteiger partial charge in [-0.2, -0.15) is 4.99 Å². The van der Waals surface area contributed by atoms with Crippen molar-refractivity contribution >= 4 is 44.9 Å². The van der Waals surface area contributed by atoms with Crippen LogP contribution in [0.4, 0.5) is 5.69 Å². The summed E-state index contributed by atoms with van der Waals surface area (Å²) in [6.07, 6.45) is 0.345. The minimum Gasteiger partial charge on any atom is -0.316 e. The number of hydrogen-bond acceptors (Lipinski definition) is 5. The second-order valence-electron chi connectivity index (χ2n) is 5.46. The summed E-state index contributed by atoms with van der Waals surface area (Å²) in [5, 5.41) is 11.0. The molecule has 0 aliphatic rings. The third-order valence-corrected chi connectivity index (χ3v) is 5.81. The summed E-state index contributed by atoms with van der Waals surface area (Å²) in [4.78, 5) is 28.7. The highest BCUT2D eigenvalue weighted by atomic mass is 32.2. The Morgan fingerprint density at radius 1 is 1.27 bits per heavy atom. The molecule has 1 heterocycles. The number of aromatic nitrogens is 1. The van der Waals surface area contributed by atoms with Crippen molar-refractivity contribution in [2.24, 2.45) is 4.99 Å². The molecule has 0 N–H and O–H groups in total. The van der Waals surface area contributed by atoms with Crippen LogP contribution in [0.5, 0.6) is 0 Å². The van der Waals surface area contributed by atoms with Crippen LogP contribution in [-0.4, -0.2) is 21.2 Å². The van der Waals surface area contributed by atoms with Crippen LogP contribution in [0, 0.1) is 10.1 Å². The van der Waals surface area contributed by atoms with E-state index in [4.69, 9.17) is 0 Å². The quantitative estimate of drug-likeness (QED) is 0.360. The molecule has 26 heavy (non-hydrogen) atoms. The average Bonchev–Trinajstić information content (AvgIpc) is 2.98. The fourth-order valence-electron chi connectivity index (χ4n) is 2.50. The van der Waals surface area contributed by atoms with Crippen molar-refractivity contribution in [2.45, 2.75) is 24.8 Å². The van der Waals surface area contributed by atoms with Crippen LogP contribution in [0.2, 0.25) is 0 Å². The number of nitro benzene ring substituents is 1. The Hall–Kier alpha value is -2.45. The van der Waals surface area contributed by atoms with Crippen molar-refractivity contribution in [3.63, 3.8) is 0 Å². The van der Waals surface area contributed by atoms with E-state index in [0.717, 1.165) is 15.1 Å². The molecule has 0 radical (unpaired) electrons. The molecule has 1 amide bonds. The zero-order valence-electron chi connectivity index (χ0n) is 14.1. The first-order valence-corrected chi connectivity index (χ1v) is 9.92. The van der Waals surface area contributed by atoms with Crippen LogP contribution < -0.4 is 4.80 Å². The highest BCUT2D eigenvalue weighted by Crippen LogP contribution is 2.23. The Labute approximate surface area is 158 Å². The molecule has 134 valence electrons. The molecule has 0 fully saturated rings. The van der Waals surface area contributed by atoms with Gasteiger partial charge in [-0.3, -0.25) is 14.9 Å². The molecule has 0 unspecified atom stereocenters. The number of non-ortho nitro benzene ring substituents is 1. The van der Waals surface area contributed by atoms with Gasteiger partial charge in [0, 0.05) is 35.7 Å². The molecular weight excluding hydrogens is 370 g/mol. The summed E-state index contributed by atoms with van der Waals surface area (Å²) >= 11 is 2.99. The van der Waals surface area contributed by atoms with Gasteiger partial charge in [0.1, 0.15) is 0 Å². The SMILES string of the molecule is CCn1c(=NC(=O)CCSc2ccccc2)sc2ccc([N+](=O)[O-])cc21. The molecule has 0 spiro atoms. The summed E-state index contributed by atoms with van der Waals surface area (Å²) < 4.78 is 2.72. The van der Waals surface area contributed by atoms with Crippen molar-refractivity contribution < 1.29 is 9.72 Å². The Kier molecular flexibility index (Phi) is 5.85. The van der Waals surface area contributed by atoms with Crippen molar-refractivity contribution in [3.8, 4) is 0 Å². The van der Waals surface area contributed by atoms with Crippen LogP contribution >= 0.6 is 23.1 Å². The maximum absolute atomic E-state index is 12.2. The number of thiazole rings is 1. The third kappa shape index (κ3) is 4.20. The predicted molar refractivity (Wildman–Crippen MR) is 104 cm³/mol. The van der Waals surface area contributed by atoms with Gasteiger partial charge >= 0.3 is 0 Å². The number of nitro groups is 1. The number of nitrogens with zero attached hydrogens (tertiary/aromatic N) is 3. The zero-order valence-corrected chi connectivity index (χ0v) is 15.8. The molecule has 0 saturated heterocycles. The van der Waals surface area contributed by atoms with E-state index in [0.29, 0.717) is 23.5 Å². The summed E-state index contributed by atoms with van der Waals surface area (Å²) in [6, 6.07) is 14.6. The number of benzene rings is 2. The Bertz CT molecular complexity index is 1010. The van der Waals surface area contributed by atoms with Crippen LogP contribution in [0.25, 0.3) is 10.2 Å². The Morgan fingerprint density at radius 3 is 2.73 bits per heavy atom. The number of aryl methyl sites for hydroxylation is 1. The molecule has 1 aromatic heterocycles. The fraction of sp³-hybridized carbons (Fsp3) is 0.222. The summed E-state index contributed by atoms with van der Waals surface area (Å²) in [5.41, 5.74) is 0.770. The Morgan fingerprint density at radius 2 is 2.04 bits per heavy atom. The van der Waals surface area contributed by atoms with E-state index in [1.807, 2.05) is 41.8 Å². The van der Waals surface area contributed by atoms with E-state index >= 15 is 0 Å². The molecule has 8 heteroatoms. The molecular formula is C18H17N3O3S2. The van der Waals surface area contributed by atoms with Gasteiger partial charge in [0.15, 0.2) is 4.80 Å². The van der Waals surface area contributed by atoms with E-state index in [1.54, 1.807) is 17.8 Å². The maximum atomic E-state index is 12.2. The van der Waals surface area contributed by atoms with Crippen molar-refractivity contribution in [2.75, 3.05) is 5.75 Å². The first-order chi connectivity index (χ1) is 12.6. The molecule has 0 atom stereocenters. The standard InChI is InChI=1S/C18H17N3O3S2/c1-2-20-15-12-13(21(23)24)8-9-16(15)26-18(20)19-17(22)10-11-25-14-6-4-3-5-7-14/h3-9,12H,2,10-11H2,1H3. The topological polar surface area (TPSA) is 77.5 Å². The number of carbonyl (C=O) groups excluding carboxylic acids is 1. The number of thioether (sulfide) groups is 1. The average molecular weight is 387 g/mol. The third-order valence-electron chi connectivity index (χ3n) is 3.74. The van der Waals surface area contributed by atoms with Crippen LogP contribution in [-0.2, 0) is 11.3 Å². The summed E-state index contributed by atoms with van der Waals surface area (Å²) in [5.74, 6) is 0.478. The van der Waals surface area contributed by atoms with E-state index < -0.39 is 4.92 Å². The largest absolute Gasteiger partial charge is 0.316 e. The number of fused-ring (bicyclic) bond motifs is 1. The van der Waals surface area contributed by atoms with E-state index in [2.05, 4.69) is 4.99 Å². The first-order valence-electron chi connectivity index (χ1n) is 8.11. The van der Waals surface area contributed by atoms with Gasteiger partial charge in [0.25, 0.3) is 5.69 Å². The minimum absolute atomic E-state index is 0.0367. The van der Waals surface area contributed by atoms with Gasteiger partial charge in [0.2, 0.25) is 5.91 Å². The minimum atomic E-state index is -0.417. The lowest BCUT2D eigenvalue weighted by atomic mass is 10.3. The lowest BCUT2D eigenvalue weighted by Gasteiger charge is -2.01. The molecule has 0 bridgehead atoms. The van der Waals surface area contributed by atoms with Gasteiger partial charge in [-0.25, -0.2) is 0 Å². The van der Waals surface area contributed by atoms with Gasteiger partial charge < -0.3 is 4.57 Å². The normalized spacial score (nSPS) is 11.8. The number of amides is 1. The lowest BCUT2D eigenvalue weighted by molar-refractivity contribution is -0.384. The number of rotatable bonds is 6. The van der Waals surface area contributed by atoms with Gasteiger partial charge in [-0.05, 0) is 25.1 Å². The number of carbonyl (C=O) groups is 1. The predicted octanol–water partition coefficient (Wildman–Crippen LogP) is 4.24. The molecule has 3 aromatic rings. The summed E-state index contributed by atoms with van der Waals surface area (Å²) in [7, 11) is 0. The second kappa shape index (κ2) is 8.29. The maximum Gasteiger partial charge on any atom is 0.271 e. The molecule has 0 aliphatic heterocycles. The van der Waals surface area contributed by atoms with E-state index in [1.165, 1.54) is 23.5 Å². The molecule has 2 aromatic carbocycles. The van der Waals surface area contributed by atoms with Crippen LogP contribution in [0.1, 0.15) is 13.3 Å². The summed E-state index contributed by atoms with van der Waals surface area (Å²) in [6.45, 7) is 2.52. The first kappa shape index (κ1) is 18.3. The van der Waals surface area contributed by atoms with Gasteiger partial charge in [-0.1, -0.05) is 29.5 Å². The van der Waals surface area contributed by atoms with Crippen LogP contribution in [0.3, 0.4) is 0 Å². The van der Waals surface area contributed by atoms with E-state index in [9.17, 15) is 14.9 Å². The molecule has 0 saturated carbocycles. The molecule has 3 rings (SSSR count). The van der Waals surface area contributed by atoms with Crippen molar-refractivity contribution in [1.29, 1.82) is 0 Å². The van der Waals surface area contributed by atoms with Gasteiger partial charge in [-0.15, -0.1) is 11.8 Å². The van der Waals surface area contributed by atoms with Crippen LogP contribution in [0.15, 0.2) is 58.4 Å². The second-order valence-corrected chi connectivity index (χ2v) is 7.63. The number of hydrogen-bond donors (Lipinski definition) is 0. The van der Waals surface area contributed by atoms with Gasteiger partial charge in [0.05, 0.1) is 15.1 Å². The smallest absolute Gasteiger partial charge is 0.271 e. The highest BCUT2D eigenvalue weighted by Gasteiger charge is 2.12. The fourth-order valence-corrected chi connectivity index (χ4v) is 4.45. The highest BCUT2D eigenvalue weighted by molar-refractivity contribution is 7.99. The zero-order chi connectivity index (χ0) is 18.5. The monoisotopic (exact) mass is 387 g/mol. The van der Waals surface area contributed by atoms with E-state index in [-0.39, 0.29) is 11.6 Å². The molecule has 0 aliphatic carbocycles. The van der Waals surface area contributed by atoms with Crippen molar-refractivity contribution in [1.82, 2.24) is 4.57 Å². The lowest BCUT2D eigenvalue weighted by Crippen LogP contribution is -2.16. The Balaban J connectivity index is 1.79.